The van der Waals surface area contributed by atoms with Crippen LogP contribution in [0.15, 0.2) is 60.8 Å². The van der Waals surface area contributed by atoms with Gasteiger partial charge in [-0.25, -0.2) is 9.59 Å². The third kappa shape index (κ3) is 3.76. The smallest absolute Gasteiger partial charge is 0.341 e. The number of esters is 2. The summed E-state index contributed by atoms with van der Waals surface area (Å²) < 4.78 is 17.0. The Balaban J connectivity index is 2.01. The van der Waals surface area contributed by atoms with Crippen molar-refractivity contribution < 1.29 is 28.6 Å². The van der Waals surface area contributed by atoms with Crippen LogP contribution in [-0.2, 0) is 9.47 Å². The molecule has 2 aromatic carbocycles. The minimum Gasteiger partial charge on any atom is -0.492 e. The van der Waals surface area contributed by atoms with Gasteiger partial charge in [-0.2, -0.15) is 0 Å². The Morgan fingerprint density at radius 1 is 0.879 bits per heavy atom. The number of pyridine rings is 1. The number of rotatable bonds is 6. The fraction of sp³-hybridized carbons (Fsp3) is 0.160. The van der Waals surface area contributed by atoms with E-state index in [1.54, 1.807) is 36.5 Å². The first kappa shape index (κ1) is 21.9. The number of benzene rings is 2. The molecule has 33 heavy (non-hydrogen) atoms. The topological polar surface area (TPSA) is 95.3 Å². The van der Waals surface area contributed by atoms with E-state index >= 15 is 0 Å². The summed E-state index contributed by atoms with van der Waals surface area (Å²) in [5.41, 5.74) is 0.546. The van der Waals surface area contributed by atoms with E-state index in [9.17, 15) is 14.4 Å². The number of para-hydroxylation sites is 2. The van der Waals surface area contributed by atoms with Gasteiger partial charge in [-0.1, -0.05) is 36.4 Å². The molecule has 0 atom stereocenters. The third-order valence-corrected chi connectivity index (χ3v) is 5.25. The molecular formula is C25H22N2O6. The molecule has 0 aliphatic heterocycles. The second-order valence-electron chi connectivity index (χ2n) is 7.09. The highest BCUT2D eigenvalue weighted by molar-refractivity contribution is 6.21. The standard InChI is InChI=1S/C25H22N2O6/c1-4-33-18-12-8-7-11-17(18)26-23(28)22-20(25(30)32-3)19(24(29)31-2)21-16-10-6-5-9-15(16)13-14-27(21)22/h5-14H,4H2,1-3H3,(H,26,28). The molecule has 0 aliphatic rings. The molecule has 168 valence electrons. The highest BCUT2D eigenvalue weighted by atomic mass is 16.5. The number of hydrogen-bond donors (Lipinski definition) is 1. The number of aromatic nitrogens is 1. The Bertz CT molecular complexity index is 1390. The third-order valence-electron chi connectivity index (χ3n) is 5.25. The first-order valence-electron chi connectivity index (χ1n) is 10.3. The quantitative estimate of drug-likeness (QED) is 0.443. The van der Waals surface area contributed by atoms with Gasteiger partial charge in [0.25, 0.3) is 5.91 Å². The molecule has 4 aromatic rings. The maximum Gasteiger partial charge on any atom is 0.341 e. The molecule has 2 heterocycles. The lowest BCUT2D eigenvalue weighted by Gasteiger charge is -2.12. The van der Waals surface area contributed by atoms with Gasteiger partial charge in [-0.05, 0) is 30.5 Å². The summed E-state index contributed by atoms with van der Waals surface area (Å²) in [6, 6.07) is 16.1. The number of carbonyl (C=O) groups excluding carboxylic acids is 3. The van der Waals surface area contributed by atoms with Gasteiger partial charge in [0.2, 0.25) is 0 Å². The predicted molar refractivity (Wildman–Crippen MR) is 123 cm³/mol. The highest BCUT2D eigenvalue weighted by Gasteiger charge is 2.33. The summed E-state index contributed by atoms with van der Waals surface area (Å²) in [6.07, 6.45) is 1.64. The van der Waals surface area contributed by atoms with Crippen LogP contribution < -0.4 is 10.1 Å². The second kappa shape index (κ2) is 9.04. The molecule has 1 amide bonds. The monoisotopic (exact) mass is 446 g/mol. The normalized spacial score (nSPS) is 10.8. The minimum absolute atomic E-state index is 0.0376. The molecular weight excluding hydrogens is 424 g/mol. The minimum atomic E-state index is -0.827. The van der Waals surface area contributed by atoms with Crippen LogP contribution in [-0.4, -0.2) is 43.1 Å². The van der Waals surface area contributed by atoms with Crippen LogP contribution >= 0.6 is 0 Å². The van der Waals surface area contributed by atoms with Gasteiger partial charge in [0, 0.05) is 11.6 Å². The van der Waals surface area contributed by atoms with E-state index in [1.165, 1.54) is 18.6 Å². The van der Waals surface area contributed by atoms with Crippen LogP contribution in [0, 0.1) is 0 Å². The number of hydrogen-bond acceptors (Lipinski definition) is 6. The molecule has 0 unspecified atom stereocenters. The van der Waals surface area contributed by atoms with E-state index in [2.05, 4.69) is 5.32 Å². The van der Waals surface area contributed by atoms with Gasteiger partial charge in [-0.15, -0.1) is 0 Å². The Morgan fingerprint density at radius 3 is 2.27 bits per heavy atom. The maximum absolute atomic E-state index is 13.5. The molecule has 0 radical (unpaired) electrons. The number of anilines is 1. The molecule has 0 spiro atoms. The van der Waals surface area contributed by atoms with Crippen molar-refractivity contribution in [3.05, 3.63) is 77.6 Å². The molecule has 8 heteroatoms. The molecule has 0 saturated heterocycles. The molecule has 2 aromatic heterocycles. The van der Waals surface area contributed by atoms with E-state index in [0.29, 0.717) is 28.9 Å². The molecule has 8 nitrogen and oxygen atoms in total. The lowest BCUT2D eigenvalue weighted by Crippen LogP contribution is -2.20. The van der Waals surface area contributed by atoms with E-state index in [-0.39, 0.29) is 16.8 Å². The predicted octanol–water partition coefficient (Wildman–Crippen LogP) is 4.32. The van der Waals surface area contributed by atoms with Crippen molar-refractivity contribution in [1.29, 1.82) is 0 Å². The number of amides is 1. The van der Waals surface area contributed by atoms with Crippen LogP contribution in [0.3, 0.4) is 0 Å². The van der Waals surface area contributed by atoms with E-state index < -0.39 is 17.8 Å². The zero-order valence-electron chi connectivity index (χ0n) is 18.4. The summed E-state index contributed by atoms with van der Waals surface area (Å²) >= 11 is 0. The lowest BCUT2D eigenvalue weighted by atomic mass is 10.1. The van der Waals surface area contributed by atoms with Gasteiger partial charge >= 0.3 is 11.9 Å². The van der Waals surface area contributed by atoms with E-state index in [0.717, 1.165) is 5.39 Å². The van der Waals surface area contributed by atoms with Crippen LogP contribution in [0.2, 0.25) is 0 Å². The highest BCUT2D eigenvalue weighted by Crippen LogP contribution is 2.33. The second-order valence-corrected chi connectivity index (χ2v) is 7.09. The molecule has 0 saturated carbocycles. The summed E-state index contributed by atoms with van der Waals surface area (Å²) in [7, 11) is 2.41. The number of nitrogens with one attached hydrogen (secondary N) is 1. The van der Waals surface area contributed by atoms with Crippen molar-refractivity contribution in [2.45, 2.75) is 6.92 Å². The van der Waals surface area contributed by atoms with Crippen LogP contribution in [0.1, 0.15) is 38.1 Å². The number of fused-ring (bicyclic) bond motifs is 3. The molecule has 0 aliphatic carbocycles. The van der Waals surface area contributed by atoms with Gasteiger partial charge in [-0.3, -0.25) is 4.79 Å². The largest absolute Gasteiger partial charge is 0.492 e. The number of methoxy groups -OCH3 is 2. The van der Waals surface area contributed by atoms with E-state index in [1.807, 2.05) is 31.2 Å². The number of ether oxygens (including phenoxy) is 3. The summed E-state index contributed by atoms with van der Waals surface area (Å²) in [5.74, 6) is -1.71. The Morgan fingerprint density at radius 2 is 1.55 bits per heavy atom. The van der Waals surface area contributed by atoms with Crippen LogP contribution in [0.4, 0.5) is 5.69 Å². The van der Waals surface area contributed by atoms with Gasteiger partial charge < -0.3 is 23.9 Å². The van der Waals surface area contributed by atoms with E-state index in [4.69, 9.17) is 14.2 Å². The molecule has 0 fully saturated rings. The first-order valence-corrected chi connectivity index (χ1v) is 10.3. The first-order chi connectivity index (χ1) is 16.0. The van der Waals surface area contributed by atoms with Crippen molar-refractivity contribution in [3.63, 3.8) is 0 Å². The maximum atomic E-state index is 13.5. The fourth-order valence-electron chi connectivity index (χ4n) is 3.87. The van der Waals surface area contributed by atoms with Crippen LogP contribution in [0.5, 0.6) is 5.75 Å². The van der Waals surface area contributed by atoms with Crippen molar-refractivity contribution in [2.24, 2.45) is 0 Å². The number of carbonyl (C=O) groups is 3. The molecule has 4 rings (SSSR count). The average molecular weight is 446 g/mol. The van der Waals surface area contributed by atoms with Crippen LogP contribution in [0.25, 0.3) is 16.3 Å². The molecule has 0 bridgehead atoms. The van der Waals surface area contributed by atoms with Crippen molar-refractivity contribution >= 4 is 39.8 Å². The molecule has 1 N–H and O–H groups in total. The van der Waals surface area contributed by atoms with Crippen molar-refractivity contribution in [2.75, 3.05) is 26.1 Å². The average Bonchev–Trinajstić information content (AvgIpc) is 3.20. The zero-order valence-corrected chi connectivity index (χ0v) is 18.4. The zero-order chi connectivity index (χ0) is 23.5. The lowest BCUT2D eigenvalue weighted by molar-refractivity contribution is 0.0556. The van der Waals surface area contributed by atoms with Crippen molar-refractivity contribution in [1.82, 2.24) is 4.40 Å². The van der Waals surface area contributed by atoms with Gasteiger partial charge in [0.1, 0.15) is 22.6 Å². The fourth-order valence-corrected chi connectivity index (χ4v) is 3.87. The summed E-state index contributed by atoms with van der Waals surface area (Å²) in [6.45, 7) is 2.25. The van der Waals surface area contributed by atoms with Gasteiger partial charge in [0.05, 0.1) is 32.0 Å². The Labute approximate surface area is 189 Å². The Hall–Kier alpha value is -4.33. The summed E-state index contributed by atoms with van der Waals surface area (Å²) in [5, 5.41) is 4.31. The Kier molecular flexibility index (Phi) is 5.99. The SMILES string of the molecule is CCOc1ccccc1NC(=O)c1c(C(=O)OC)c(C(=O)OC)c2c3ccccc3ccn12. The number of nitrogens with zero attached hydrogens (tertiary/aromatic N) is 1. The van der Waals surface area contributed by atoms with Gasteiger partial charge in [0.15, 0.2) is 0 Å². The van der Waals surface area contributed by atoms with Crippen molar-refractivity contribution in [3.8, 4) is 5.75 Å². The summed E-state index contributed by atoms with van der Waals surface area (Å²) in [4.78, 5) is 39.2.